The van der Waals surface area contributed by atoms with Gasteiger partial charge in [-0.1, -0.05) is 13.8 Å². The topological polar surface area (TPSA) is 56.7 Å². The summed E-state index contributed by atoms with van der Waals surface area (Å²) >= 11 is 0. The van der Waals surface area contributed by atoms with Crippen molar-refractivity contribution >= 4 is 16.6 Å². The summed E-state index contributed by atoms with van der Waals surface area (Å²) in [6.45, 7) is 4.27. The van der Waals surface area contributed by atoms with Crippen molar-refractivity contribution < 1.29 is 0 Å². The fraction of sp³-hybridized carbons (Fsp3) is 0.200. The quantitative estimate of drug-likeness (QED) is 0.713. The lowest BCUT2D eigenvalue weighted by molar-refractivity contribution is 0.770. The maximum absolute atomic E-state index is 5.96. The van der Waals surface area contributed by atoms with Gasteiger partial charge in [0.25, 0.3) is 0 Å². The predicted molar refractivity (Wildman–Crippen MR) is 77.4 cm³/mol. The van der Waals surface area contributed by atoms with Gasteiger partial charge in [0.2, 0.25) is 0 Å². The van der Waals surface area contributed by atoms with E-state index in [1.165, 1.54) is 0 Å². The fourth-order valence-corrected chi connectivity index (χ4v) is 2.16. The lowest BCUT2D eigenvalue weighted by Gasteiger charge is -2.08. The van der Waals surface area contributed by atoms with Gasteiger partial charge >= 0.3 is 0 Å². The maximum Gasteiger partial charge on any atom is 0.0952 e. The van der Waals surface area contributed by atoms with Gasteiger partial charge in [-0.2, -0.15) is 5.10 Å². The first-order valence-electron chi connectivity index (χ1n) is 6.36. The zero-order valence-electron chi connectivity index (χ0n) is 11.0. The third-order valence-electron chi connectivity index (χ3n) is 3.23. The molecule has 3 rings (SSSR count). The van der Waals surface area contributed by atoms with E-state index in [2.05, 4.69) is 23.9 Å². The number of nitrogens with zero attached hydrogens (tertiary/aromatic N) is 3. The van der Waals surface area contributed by atoms with Gasteiger partial charge in [0.05, 0.1) is 22.6 Å². The fourth-order valence-electron chi connectivity index (χ4n) is 2.16. The second-order valence-electron chi connectivity index (χ2n) is 4.91. The average Bonchev–Trinajstić information content (AvgIpc) is 2.89. The molecule has 0 saturated heterocycles. The Balaban J connectivity index is 2.22. The largest absolute Gasteiger partial charge is 0.397 e. The molecule has 4 heteroatoms. The molecule has 0 aliphatic carbocycles. The van der Waals surface area contributed by atoms with Crippen LogP contribution in [0.2, 0.25) is 0 Å². The Bertz CT molecular complexity index is 728. The smallest absolute Gasteiger partial charge is 0.0952 e. The van der Waals surface area contributed by atoms with Crippen LogP contribution in [0.5, 0.6) is 0 Å². The van der Waals surface area contributed by atoms with E-state index in [1.54, 1.807) is 6.20 Å². The van der Waals surface area contributed by atoms with E-state index in [9.17, 15) is 0 Å². The zero-order valence-corrected chi connectivity index (χ0v) is 11.0. The number of nitrogen functional groups attached to an aromatic ring is 1. The molecule has 2 N–H and O–H groups in total. The van der Waals surface area contributed by atoms with Crippen LogP contribution in [0.15, 0.2) is 42.7 Å². The Morgan fingerprint density at radius 3 is 2.74 bits per heavy atom. The summed E-state index contributed by atoms with van der Waals surface area (Å²) in [6, 6.07) is 9.84. The minimum absolute atomic E-state index is 0.416. The van der Waals surface area contributed by atoms with Crippen molar-refractivity contribution in [1.29, 1.82) is 0 Å². The van der Waals surface area contributed by atoms with Crippen LogP contribution in [0, 0.1) is 0 Å². The third-order valence-corrected chi connectivity index (χ3v) is 3.23. The number of rotatable bonds is 2. The monoisotopic (exact) mass is 252 g/mol. The zero-order chi connectivity index (χ0) is 13.4. The van der Waals surface area contributed by atoms with Crippen LogP contribution in [-0.2, 0) is 0 Å². The SMILES string of the molecule is CC(C)c1ccn(-c2ccc(N)c3ncccc23)n1. The molecule has 0 aliphatic heterocycles. The van der Waals surface area contributed by atoms with Crippen LogP contribution in [0.25, 0.3) is 16.6 Å². The number of pyridine rings is 1. The van der Waals surface area contributed by atoms with Crippen molar-refractivity contribution in [1.82, 2.24) is 14.8 Å². The lowest BCUT2D eigenvalue weighted by Crippen LogP contribution is -2.00. The summed E-state index contributed by atoms with van der Waals surface area (Å²) in [7, 11) is 0. The van der Waals surface area contributed by atoms with Crippen LogP contribution < -0.4 is 5.73 Å². The van der Waals surface area contributed by atoms with Gasteiger partial charge in [-0.05, 0) is 36.2 Å². The van der Waals surface area contributed by atoms with E-state index in [-0.39, 0.29) is 0 Å². The first-order chi connectivity index (χ1) is 9.16. The molecule has 4 nitrogen and oxygen atoms in total. The van der Waals surface area contributed by atoms with Gasteiger partial charge in [-0.15, -0.1) is 0 Å². The Morgan fingerprint density at radius 1 is 1.16 bits per heavy atom. The van der Waals surface area contributed by atoms with Crippen LogP contribution in [-0.4, -0.2) is 14.8 Å². The highest BCUT2D eigenvalue weighted by Gasteiger charge is 2.09. The Hall–Kier alpha value is -2.36. The number of hydrogen-bond acceptors (Lipinski definition) is 3. The van der Waals surface area contributed by atoms with E-state index in [1.807, 2.05) is 41.2 Å². The molecule has 0 fully saturated rings. The molecule has 0 bridgehead atoms. The van der Waals surface area contributed by atoms with Crippen molar-refractivity contribution in [3.63, 3.8) is 0 Å². The van der Waals surface area contributed by atoms with Gasteiger partial charge in [-0.3, -0.25) is 4.98 Å². The third kappa shape index (κ3) is 1.95. The molecule has 0 saturated carbocycles. The van der Waals surface area contributed by atoms with E-state index in [0.717, 1.165) is 22.3 Å². The average molecular weight is 252 g/mol. The minimum Gasteiger partial charge on any atom is -0.397 e. The van der Waals surface area contributed by atoms with Crippen molar-refractivity contribution in [2.75, 3.05) is 5.73 Å². The molecule has 0 unspecified atom stereocenters. The van der Waals surface area contributed by atoms with E-state index in [0.29, 0.717) is 11.6 Å². The van der Waals surface area contributed by atoms with Gasteiger partial charge in [0.15, 0.2) is 0 Å². The van der Waals surface area contributed by atoms with Crippen LogP contribution >= 0.6 is 0 Å². The standard InChI is InChI=1S/C15H16N4/c1-10(2)13-7-9-19(18-13)14-6-5-12(16)15-11(14)4-3-8-17-15/h3-10H,16H2,1-2H3. The summed E-state index contributed by atoms with van der Waals surface area (Å²) < 4.78 is 1.89. The molecular weight excluding hydrogens is 236 g/mol. The molecule has 2 aromatic heterocycles. The first kappa shape index (κ1) is 11.7. The van der Waals surface area contributed by atoms with E-state index in [4.69, 9.17) is 5.73 Å². The molecule has 0 amide bonds. The Morgan fingerprint density at radius 2 is 2.00 bits per heavy atom. The predicted octanol–water partition coefficient (Wildman–Crippen LogP) is 3.13. The summed E-state index contributed by atoms with van der Waals surface area (Å²) in [4.78, 5) is 4.34. The molecule has 19 heavy (non-hydrogen) atoms. The van der Waals surface area contributed by atoms with Crippen molar-refractivity contribution in [3.8, 4) is 5.69 Å². The molecule has 2 heterocycles. The summed E-state index contributed by atoms with van der Waals surface area (Å²) in [5.41, 5.74) is 9.56. The summed E-state index contributed by atoms with van der Waals surface area (Å²) in [5.74, 6) is 0.416. The maximum atomic E-state index is 5.96. The minimum atomic E-state index is 0.416. The second kappa shape index (κ2) is 4.39. The Kier molecular flexibility index (Phi) is 2.71. The molecule has 0 radical (unpaired) electrons. The van der Waals surface area contributed by atoms with Crippen molar-refractivity contribution in [2.24, 2.45) is 0 Å². The van der Waals surface area contributed by atoms with Gasteiger partial charge in [0, 0.05) is 17.8 Å². The Labute approximate surface area is 111 Å². The summed E-state index contributed by atoms with van der Waals surface area (Å²) in [5, 5.41) is 5.62. The highest BCUT2D eigenvalue weighted by molar-refractivity contribution is 5.95. The normalized spacial score (nSPS) is 11.3. The van der Waals surface area contributed by atoms with Gasteiger partial charge in [0.1, 0.15) is 0 Å². The number of aromatic nitrogens is 3. The molecule has 0 aliphatic rings. The molecule has 0 spiro atoms. The molecule has 1 aromatic carbocycles. The highest BCUT2D eigenvalue weighted by atomic mass is 15.3. The molecular formula is C15H16N4. The second-order valence-corrected chi connectivity index (χ2v) is 4.91. The van der Waals surface area contributed by atoms with E-state index < -0.39 is 0 Å². The number of benzene rings is 1. The van der Waals surface area contributed by atoms with Crippen LogP contribution in [0.3, 0.4) is 0 Å². The number of hydrogen-bond donors (Lipinski definition) is 1. The number of fused-ring (bicyclic) bond motifs is 1. The van der Waals surface area contributed by atoms with Crippen LogP contribution in [0.1, 0.15) is 25.5 Å². The number of anilines is 1. The van der Waals surface area contributed by atoms with Crippen LogP contribution in [0.4, 0.5) is 5.69 Å². The molecule has 96 valence electrons. The molecule has 0 atom stereocenters. The molecule has 3 aromatic rings. The van der Waals surface area contributed by atoms with Crippen molar-refractivity contribution in [2.45, 2.75) is 19.8 Å². The van der Waals surface area contributed by atoms with Crippen molar-refractivity contribution in [3.05, 3.63) is 48.4 Å². The van der Waals surface area contributed by atoms with Gasteiger partial charge in [-0.25, -0.2) is 4.68 Å². The first-order valence-corrected chi connectivity index (χ1v) is 6.36. The highest BCUT2D eigenvalue weighted by Crippen LogP contribution is 2.25. The lowest BCUT2D eigenvalue weighted by atomic mass is 10.1. The van der Waals surface area contributed by atoms with E-state index >= 15 is 0 Å². The number of nitrogens with two attached hydrogens (primary N) is 1. The summed E-state index contributed by atoms with van der Waals surface area (Å²) in [6.07, 6.45) is 3.73. The van der Waals surface area contributed by atoms with Gasteiger partial charge < -0.3 is 5.73 Å².